The van der Waals surface area contributed by atoms with Crippen molar-refractivity contribution in [2.75, 3.05) is 6.54 Å². The molecule has 1 nitrogen and oxygen atoms in total. The maximum absolute atomic E-state index is 12.8. The van der Waals surface area contributed by atoms with Gasteiger partial charge in [0.1, 0.15) is 5.83 Å². The lowest BCUT2D eigenvalue weighted by Crippen LogP contribution is -2.31. The molecule has 1 unspecified atom stereocenters. The largest absolute Gasteiger partial charge is 0.310 e. The Balaban J connectivity index is 4.20. The standard InChI is InChI=1S/C10H18FN/c1-5-9(11)7-10(8(3)4)12-6-2/h5,7-8,10,12H,1,6H2,2-4H3/b9-7-. The summed E-state index contributed by atoms with van der Waals surface area (Å²) < 4.78 is 12.8. The van der Waals surface area contributed by atoms with Crippen molar-refractivity contribution < 1.29 is 4.39 Å². The fraction of sp³-hybridized carbons (Fsp3) is 0.600. The summed E-state index contributed by atoms with van der Waals surface area (Å²) in [7, 11) is 0. The monoisotopic (exact) mass is 171 g/mol. The molecule has 0 aromatic rings. The Hall–Kier alpha value is -0.630. The second kappa shape index (κ2) is 5.95. The summed E-state index contributed by atoms with van der Waals surface area (Å²) in [5.74, 6) is 0.144. The summed E-state index contributed by atoms with van der Waals surface area (Å²) >= 11 is 0. The van der Waals surface area contributed by atoms with E-state index in [-0.39, 0.29) is 11.9 Å². The SMILES string of the molecule is C=C/C(F)=C/C(NCC)C(C)C. The van der Waals surface area contributed by atoms with E-state index in [0.29, 0.717) is 5.92 Å². The minimum absolute atomic E-state index is 0.105. The van der Waals surface area contributed by atoms with Gasteiger partial charge in [0.05, 0.1) is 0 Å². The molecular weight excluding hydrogens is 153 g/mol. The highest BCUT2D eigenvalue weighted by Crippen LogP contribution is 2.07. The van der Waals surface area contributed by atoms with E-state index in [2.05, 4.69) is 25.7 Å². The minimum Gasteiger partial charge on any atom is -0.310 e. The third kappa shape index (κ3) is 4.29. The van der Waals surface area contributed by atoms with Crippen molar-refractivity contribution >= 4 is 0 Å². The molecule has 2 heteroatoms. The number of likely N-dealkylation sites (N-methyl/N-ethyl adjacent to an activating group) is 1. The van der Waals surface area contributed by atoms with E-state index in [1.165, 1.54) is 6.08 Å². The zero-order valence-electron chi connectivity index (χ0n) is 8.10. The van der Waals surface area contributed by atoms with Crippen LogP contribution in [-0.4, -0.2) is 12.6 Å². The fourth-order valence-corrected chi connectivity index (χ4v) is 0.962. The van der Waals surface area contributed by atoms with Crippen LogP contribution >= 0.6 is 0 Å². The van der Waals surface area contributed by atoms with Gasteiger partial charge >= 0.3 is 0 Å². The van der Waals surface area contributed by atoms with E-state index in [0.717, 1.165) is 6.54 Å². The second-order valence-electron chi connectivity index (χ2n) is 3.08. The van der Waals surface area contributed by atoms with Crippen molar-refractivity contribution in [2.24, 2.45) is 5.92 Å². The zero-order chi connectivity index (χ0) is 9.56. The van der Waals surface area contributed by atoms with E-state index >= 15 is 0 Å². The molecule has 0 fully saturated rings. The van der Waals surface area contributed by atoms with Gasteiger partial charge in [0, 0.05) is 6.04 Å². The normalized spacial score (nSPS) is 14.9. The summed E-state index contributed by atoms with van der Waals surface area (Å²) in [4.78, 5) is 0. The highest BCUT2D eigenvalue weighted by molar-refractivity contribution is 5.11. The van der Waals surface area contributed by atoms with Gasteiger partial charge in [-0.05, 0) is 24.6 Å². The van der Waals surface area contributed by atoms with E-state index < -0.39 is 0 Å². The second-order valence-corrected chi connectivity index (χ2v) is 3.08. The van der Waals surface area contributed by atoms with Crippen molar-refractivity contribution in [3.8, 4) is 0 Å². The maximum Gasteiger partial charge on any atom is 0.120 e. The lowest BCUT2D eigenvalue weighted by atomic mass is 10.0. The third-order valence-corrected chi connectivity index (χ3v) is 1.69. The molecule has 0 heterocycles. The first-order valence-electron chi connectivity index (χ1n) is 4.35. The number of allylic oxidation sites excluding steroid dienone is 2. The van der Waals surface area contributed by atoms with Gasteiger partial charge in [-0.1, -0.05) is 27.4 Å². The molecule has 70 valence electrons. The predicted octanol–water partition coefficient (Wildman–Crippen LogP) is 2.66. The number of hydrogen-bond acceptors (Lipinski definition) is 1. The zero-order valence-corrected chi connectivity index (χ0v) is 8.10. The molecule has 0 saturated carbocycles. The third-order valence-electron chi connectivity index (χ3n) is 1.69. The van der Waals surface area contributed by atoms with Gasteiger partial charge in [0.2, 0.25) is 0 Å². The van der Waals surface area contributed by atoms with E-state index in [9.17, 15) is 4.39 Å². The van der Waals surface area contributed by atoms with Crippen molar-refractivity contribution in [2.45, 2.75) is 26.8 Å². The predicted molar refractivity (Wildman–Crippen MR) is 51.7 cm³/mol. The molecule has 0 aliphatic heterocycles. The number of nitrogens with one attached hydrogen (secondary N) is 1. The molecule has 0 aliphatic carbocycles. The van der Waals surface area contributed by atoms with Crippen molar-refractivity contribution in [1.82, 2.24) is 5.32 Å². The van der Waals surface area contributed by atoms with Gasteiger partial charge in [-0.2, -0.15) is 0 Å². The van der Waals surface area contributed by atoms with E-state index in [1.807, 2.05) is 6.92 Å². The molecule has 0 aromatic heterocycles. The number of rotatable bonds is 5. The van der Waals surface area contributed by atoms with Crippen LogP contribution in [0, 0.1) is 5.92 Å². The van der Waals surface area contributed by atoms with Crippen LogP contribution < -0.4 is 5.32 Å². The molecular formula is C10H18FN. The Morgan fingerprint density at radius 2 is 2.17 bits per heavy atom. The van der Waals surface area contributed by atoms with Crippen molar-refractivity contribution in [1.29, 1.82) is 0 Å². The molecule has 1 atom stereocenters. The number of hydrogen-bond donors (Lipinski definition) is 1. The first-order chi connectivity index (χ1) is 5.61. The van der Waals surface area contributed by atoms with Gasteiger partial charge in [0.25, 0.3) is 0 Å². The Morgan fingerprint density at radius 1 is 1.58 bits per heavy atom. The summed E-state index contributed by atoms with van der Waals surface area (Å²) in [6, 6.07) is 0.105. The molecule has 0 radical (unpaired) electrons. The Bertz CT molecular complexity index is 161. The maximum atomic E-state index is 12.8. The van der Waals surface area contributed by atoms with Crippen LogP contribution in [0.25, 0.3) is 0 Å². The first-order valence-corrected chi connectivity index (χ1v) is 4.35. The van der Waals surface area contributed by atoms with Gasteiger partial charge < -0.3 is 5.32 Å². The fourth-order valence-electron chi connectivity index (χ4n) is 0.962. The molecule has 0 rings (SSSR count). The summed E-state index contributed by atoms with van der Waals surface area (Å²) in [5, 5.41) is 3.18. The Morgan fingerprint density at radius 3 is 2.50 bits per heavy atom. The molecule has 0 bridgehead atoms. The summed E-state index contributed by atoms with van der Waals surface area (Å²) in [5.41, 5.74) is 0. The highest BCUT2D eigenvalue weighted by Gasteiger charge is 2.08. The van der Waals surface area contributed by atoms with Crippen LogP contribution in [0.2, 0.25) is 0 Å². The van der Waals surface area contributed by atoms with Crippen LogP contribution in [0.3, 0.4) is 0 Å². The molecule has 0 amide bonds. The molecule has 0 aliphatic rings. The average molecular weight is 171 g/mol. The Labute approximate surface area is 74.4 Å². The van der Waals surface area contributed by atoms with Crippen LogP contribution in [0.1, 0.15) is 20.8 Å². The van der Waals surface area contributed by atoms with Gasteiger partial charge in [-0.25, -0.2) is 4.39 Å². The summed E-state index contributed by atoms with van der Waals surface area (Å²) in [6.45, 7) is 10.3. The van der Waals surface area contributed by atoms with Crippen LogP contribution in [-0.2, 0) is 0 Å². The van der Waals surface area contributed by atoms with Gasteiger partial charge in [-0.3, -0.25) is 0 Å². The van der Waals surface area contributed by atoms with Crippen molar-refractivity contribution in [3.05, 3.63) is 24.6 Å². The molecule has 1 N–H and O–H groups in total. The highest BCUT2D eigenvalue weighted by atomic mass is 19.1. The molecule has 0 saturated heterocycles. The average Bonchev–Trinajstić information content (AvgIpc) is 2.03. The smallest absolute Gasteiger partial charge is 0.120 e. The van der Waals surface area contributed by atoms with Crippen LogP contribution in [0.15, 0.2) is 24.6 Å². The number of halogens is 1. The van der Waals surface area contributed by atoms with Gasteiger partial charge in [-0.15, -0.1) is 0 Å². The van der Waals surface area contributed by atoms with E-state index in [4.69, 9.17) is 0 Å². The van der Waals surface area contributed by atoms with Crippen LogP contribution in [0.4, 0.5) is 4.39 Å². The van der Waals surface area contributed by atoms with Gasteiger partial charge in [0.15, 0.2) is 0 Å². The summed E-state index contributed by atoms with van der Waals surface area (Å²) in [6.07, 6.45) is 2.80. The first kappa shape index (κ1) is 11.4. The minimum atomic E-state index is -0.255. The molecule has 12 heavy (non-hydrogen) atoms. The molecule has 0 spiro atoms. The topological polar surface area (TPSA) is 12.0 Å². The van der Waals surface area contributed by atoms with Crippen molar-refractivity contribution in [3.63, 3.8) is 0 Å². The van der Waals surface area contributed by atoms with E-state index in [1.54, 1.807) is 6.08 Å². The lowest BCUT2D eigenvalue weighted by molar-refractivity contribution is 0.466. The van der Waals surface area contributed by atoms with Crippen LogP contribution in [0.5, 0.6) is 0 Å². The molecule has 0 aromatic carbocycles. The quantitative estimate of drug-likeness (QED) is 0.627. The Kier molecular flexibility index (Phi) is 5.64. The lowest BCUT2D eigenvalue weighted by Gasteiger charge is -2.17.